The first-order chi connectivity index (χ1) is 59.2. The highest BCUT2D eigenvalue weighted by atomic mass is 35.5. The highest BCUT2D eigenvalue weighted by Crippen LogP contribution is 2.40. The van der Waals surface area contributed by atoms with E-state index in [0.717, 1.165) is 209 Å². The normalized spacial score (nSPS) is 15.6. The van der Waals surface area contributed by atoms with Crippen LogP contribution in [0.1, 0.15) is 138 Å². The Hall–Kier alpha value is -12.7. The molecule has 0 amide bonds. The number of hydrogen-bond acceptors (Lipinski definition) is 25. The third kappa shape index (κ3) is 19.6. The molecule has 3 aliphatic heterocycles. The van der Waals surface area contributed by atoms with E-state index in [4.69, 9.17) is 48.9 Å². The second-order valence-electron chi connectivity index (χ2n) is 31.3. The summed E-state index contributed by atoms with van der Waals surface area (Å²) in [5.41, 5.74) is 16.9. The van der Waals surface area contributed by atoms with Gasteiger partial charge in [0.2, 0.25) is 11.8 Å². The van der Waals surface area contributed by atoms with E-state index in [1.165, 1.54) is 56.8 Å². The summed E-state index contributed by atoms with van der Waals surface area (Å²) in [6.45, 7) is 21.0. The third-order valence-corrected chi connectivity index (χ3v) is 22.1. The molecule has 0 unspecified atom stereocenters. The maximum absolute atomic E-state index is 9.30. The van der Waals surface area contributed by atoms with Crippen LogP contribution in [0.3, 0.4) is 0 Å². The Morgan fingerprint density at radius 3 is 1.74 bits per heavy atom. The maximum Gasteiger partial charge on any atom is 0.226 e. The van der Waals surface area contributed by atoms with Crippen molar-refractivity contribution in [3.05, 3.63) is 162 Å². The van der Waals surface area contributed by atoms with Crippen molar-refractivity contribution in [2.24, 2.45) is 5.92 Å². The number of aromatic amines is 6. The molecule has 121 heavy (non-hydrogen) atoms. The zero-order chi connectivity index (χ0) is 83.1. The minimum atomic E-state index is 0.0230. The van der Waals surface area contributed by atoms with Crippen LogP contribution in [-0.4, -0.2) is 183 Å². The van der Waals surface area contributed by atoms with E-state index >= 15 is 0 Å². The fourth-order valence-corrected chi connectivity index (χ4v) is 16.1. The fourth-order valence-electron chi connectivity index (χ4n) is 15.9. The smallest absolute Gasteiger partial charge is 0.226 e. The Morgan fingerprint density at radius 2 is 1.08 bits per heavy atom. The number of morpholine rings is 1. The van der Waals surface area contributed by atoms with Crippen LogP contribution in [-0.2, 0) is 20.8 Å². The molecule has 5 fully saturated rings. The van der Waals surface area contributed by atoms with Crippen molar-refractivity contribution in [3.8, 4) is 68.9 Å². The molecule has 626 valence electrons. The van der Waals surface area contributed by atoms with E-state index in [2.05, 4.69) is 138 Å². The quantitative estimate of drug-likeness (QED) is 0.0469. The average Bonchev–Trinajstić information content (AvgIpc) is 1.70. The van der Waals surface area contributed by atoms with Crippen molar-refractivity contribution in [1.29, 1.82) is 5.26 Å². The van der Waals surface area contributed by atoms with Crippen LogP contribution < -0.4 is 24.4 Å². The lowest BCUT2D eigenvalue weighted by Gasteiger charge is -2.28. The van der Waals surface area contributed by atoms with Crippen molar-refractivity contribution < 1.29 is 37.3 Å². The number of furan rings is 2. The number of H-pyrrole nitrogens is 6. The molecule has 21 rings (SSSR count). The number of nitriles is 1. The van der Waals surface area contributed by atoms with Gasteiger partial charge in [-0.2, -0.15) is 41.0 Å². The number of anilines is 2. The molecule has 32 nitrogen and oxygen atoms in total. The van der Waals surface area contributed by atoms with E-state index in [-0.39, 0.29) is 12.2 Å². The summed E-state index contributed by atoms with van der Waals surface area (Å²) >= 11 is 6.23. The molecule has 3 saturated heterocycles. The molecule has 7 N–H and O–H groups in total. The van der Waals surface area contributed by atoms with Gasteiger partial charge in [0.05, 0.1) is 139 Å². The topological polar surface area (TPSA) is 401 Å². The lowest BCUT2D eigenvalue weighted by Crippen LogP contribution is -2.36. The molecular formula is C88H99ClN24O8. The summed E-state index contributed by atoms with van der Waals surface area (Å²) in [6, 6.07) is 19.7. The van der Waals surface area contributed by atoms with Gasteiger partial charge in [0, 0.05) is 138 Å². The average molecular weight is 1660 g/mol. The number of rotatable bonds is 15. The minimum Gasteiger partial charge on any atom is -0.488 e. The number of aromatic nitrogens is 21. The second kappa shape index (κ2) is 38.6. The molecule has 16 aromatic heterocycles. The van der Waals surface area contributed by atoms with E-state index in [1.807, 2.05) is 99.6 Å². The maximum atomic E-state index is 9.30. The van der Waals surface area contributed by atoms with Gasteiger partial charge < -0.3 is 47.5 Å². The van der Waals surface area contributed by atoms with Crippen molar-refractivity contribution in [2.45, 2.75) is 169 Å². The molecule has 0 aromatic carbocycles. The Labute approximate surface area is 702 Å². The number of hydrogen-bond donors (Lipinski definition) is 7. The van der Waals surface area contributed by atoms with Gasteiger partial charge in [0.1, 0.15) is 80.1 Å². The van der Waals surface area contributed by atoms with Crippen molar-refractivity contribution >= 4 is 88.5 Å². The molecule has 0 atom stereocenters. The van der Waals surface area contributed by atoms with E-state index in [9.17, 15) is 5.26 Å². The van der Waals surface area contributed by atoms with Gasteiger partial charge in [-0.1, -0.05) is 51.1 Å². The fraction of sp³-hybridized carbons (Fsp3) is 0.398. The number of aryl methyl sites for hydroxylation is 5. The lowest BCUT2D eigenvalue weighted by molar-refractivity contribution is 0.0242. The van der Waals surface area contributed by atoms with Crippen LogP contribution >= 0.6 is 11.6 Å². The van der Waals surface area contributed by atoms with Crippen molar-refractivity contribution in [2.75, 3.05) is 62.9 Å². The van der Waals surface area contributed by atoms with Gasteiger partial charge in [-0.15, -0.1) is 0 Å². The summed E-state index contributed by atoms with van der Waals surface area (Å²) in [5.74, 6) is 4.83. The summed E-state index contributed by atoms with van der Waals surface area (Å²) in [5, 5.41) is 67.6. The van der Waals surface area contributed by atoms with Gasteiger partial charge in [-0.05, 0) is 122 Å². The first-order valence-corrected chi connectivity index (χ1v) is 41.9. The highest BCUT2D eigenvalue weighted by molar-refractivity contribution is 6.30. The summed E-state index contributed by atoms with van der Waals surface area (Å²) < 4.78 is 47.5. The molecule has 19 heterocycles. The van der Waals surface area contributed by atoms with E-state index in [1.54, 1.807) is 55.6 Å². The van der Waals surface area contributed by atoms with E-state index in [0.29, 0.717) is 80.3 Å². The number of halogens is 1. The van der Waals surface area contributed by atoms with Gasteiger partial charge in [-0.3, -0.25) is 50.2 Å². The monoisotopic (exact) mass is 1650 g/mol. The molecule has 2 saturated carbocycles. The second-order valence-corrected chi connectivity index (χ2v) is 31.7. The predicted molar refractivity (Wildman–Crippen MR) is 461 cm³/mol. The number of nitrogens with zero attached hydrogens (tertiary/aromatic N) is 17. The van der Waals surface area contributed by atoms with Crippen LogP contribution in [0.25, 0.3) is 111 Å². The molecule has 0 radical (unpaired) electrons. The first-order valence-electron chi connectivity index (χ1n) is 41.6. The highest BCUT2D eigenvalue weighted by Gasteiger charge is 2.27. The molecule has 33 heteroatoms. The van der Waals surface area contributed by atoms with Crippen LogP contribution in [0.5, 0.6) is 17.5 Å². The lowest BCUT2D eigenvalue weighted by atomic mass is 9.95. The summed E-state index contributed by atoms with van der Waals surface area (Å²) in [6.07, 6.45) is 36.3. The molecular weight excluding hydrogens is 1560 g/mol. The molecule has 5 aliphatic rings. The van der Waals surface area contributed by atoms with Gasteiger partial charge >= 0.3 is 0 Å². The van der Waals surface area contributed by atoms with Crippen LogP contribution in [0.4, 0.5) is 11.5 Å². The molecule has 16 aromatic rings. The minimum absolute atomic E-state index is 0.0230. The number of nitrogens with one attached hydrogen (secondary N) is 7. The largest absolute Gasteiger partial charge is 0.488 e. The van der Waals surface area contributed by atoms with Crippen LogP contribution in [0.15, 0.2) is 132 Å². The standard InChI is InChI=1S/C20H22ClN5O3.C19H22N6O2.C13H18N4.C13H17N3O.C12H11N3O.C11H9N3O/c21-16-12-15-18(20(23-16)29-14-2-7-27-8-3-14)19(25-24-15)13-1-4-22-17(11-13)26-5-9-28-10-6-26;1-12(2)10-25-11-13(9-21-25)18-17-16(23-24-18)7-14(8-20)22-19(17)27-15-3-5-26-6-4-15;1-9-13-11(7-14-8-12(13)17-16-9)15-10-5-3-2-4-6-10;1-9-13-11(16-15-9)7-14-8-12(13)17-10-5-3-2-4-6-10;1-7-6-9-11(8(2)14-15-9)12(13-7)10-4-3-5-16-10;1-7-11-8(10-3-2-4-15-10)5-12-6-9(11)14-13-7/h1,4,11-12,14H,2-3,5-10H2,(H,24,25);7,9,11-12,15H,3-6,10H2,1-2H3,(H,23,24);7-8,10,15H,2-6H2,1H3,(H,16,17);7-8,10H,2-6H2,1H3,(H,15,16);3-6H,1-2H3,(H,14,15);2-6H,1H3,(H,13,14). The van der Waals surface area contributed by atoms with Gasteiger partial charge in [-0.25, -0.2) is 19.9 Å². The zero-order valence-electron chi connectivity index (χ0n) is 68.9. The summed E-state index contributed by atoms with van der Waals surface area (Å²) in [4.78, 5) is 32.7. The van der Waals surface area contributed by atoms with Crippen molar-refractivity contribution in [3.63, 3.8) is 0 Å². The van der Waals surface area contributed by atoms with Crippen molar-refractivity contribution in [1.82, 2.24) is 106 Å². The molecule has 2 aliphatic carbocycles. The molecule has 0 spiro atoms. The summed E-state index contributed by atoms with van der Waals surface area (Å²) in [7, 11) is 0. The number of fused-ring (bicyclic) bond motifs is 6. The van der Waals surface area contributed by atoms with Gasteiger partial charge in [0.25, 0.3) is 0 Å². The molecule has 0 bridgehead atoms. The predicted octanol–water partition coefficient (Wildman–Crippen LogP) is 17.3. The Morgan fingerprint density at radius 1 is 0.521 bits per heavy atom. The first kappa shape index (κ1) is 82.0. The Balaban J connectivity index is 0.000000110. The number of ether oxygens (including phenoxy) is 6. The van der Waals surface area contributed by atoms with Crippen LogP contribution in [0.2, 0.25) is 5.15 Å². The SMILES string of the molecule is CC(C)Cn1cc(-c2n[nH]c3cc(C#N)nc(OC4CCOCC4)c23)cn1.Cc1[nH]nc2cncc(-c3ccco3)c12.Cc1[nH]nc2cncc(NC3CCCCC3)c12.Cc1[nH]nc2cncc(OC3CCCCC3)c12.Cc1cc2n[nH]c(C)c2c(-c2ccco2)n1.Clc1cc2[nH]nc(-c3ccnc(N4CCOCC4)c3)c2c(OC2CCOCC2)n1. The zero-order valence-corrected chi connectivity index (χ0v) is 69.7. The number of pyridine rings is 7. The van der Waals surface area contributed by atoms with Gasteiger partial charge in [0.15, 0.2) is 5.76 Å². The van der Waals surface area contributed by atoms with Crippen LogP contribution in [0, 0.1) is 51.9 Å². The Kier molecular flexibility index (Phi) is 26.1. The Bertz CT molecular complexity index is 6030. The van der Waals surface area contributed by atoms with E-state index < -0.39 is 0 Å². The third-order valence-electron chi connectivity index (χ3n) is 21.9.